The van der Waals surface area contributed by atoms with Crippen molar-refractivity contribution in [3.8, 4) is 0 Å². The first-order valence-electron chi connectivity index (χ1n) is 2.43. The molecule has 0 heterocycles. The lowest BCUT2D eigenvalue weighted by Crippen LogP contribution is -2.22. The molecule has 8 heavy (non-hydrogen) atoms. The summed E-state index contributed by atoms with van der Waals surface area (Å²) in [6.45, 7) is 1.88. The van der Waals surface area contributed by atoms with Gasteiger partial charge in [0, 0.05) is 14.1 Å². The molecule has 3 nitrogen and oxygen atoms in total. The summed E-state index contributed by atoms with van der Waals surface area (Å²) >= 11 is 0. The standard InChI is InChI=1S/C5H12N2O/c1-5(6-2)7(3)8-4/h1-4H3. The van der Waals surface area contributed by atoms with E-state index in [2.05, 4.69) is 4.99 Å². The number of hydroxylamine groups is 2. The predicted molar refractivity (Wildman–Crippen MR) is 33.8 cm³/mol. The molecule has 0 radical (unpaired) electrons. The molecule has 0 N–H and O–H groups in total. The van der Waals surface area contributed by atoms with Gasteiger partial charge in [-0.25, -0.2) is 5.06 Å². The number of amidine groups is 1. The van der Waals surface area contributed by atoms with Crippen molar-refractivity contribution in [2.45, 2.75) is 6.92 Å². The van der Waals surface area contributed by atoms with Crippen molar-refractivity contribution in [1.82, 2.24) is 5.06 Å². The molecular formula is C5H12N2O. The molecule has 0 spiro atoms. The van der Waals surface area contributed by atoms with Gasteiger partial charge in [0.2, 0.25) is 0 Å². The molecule has 0 saturated heterocycles. The van der Waals surface area contributed by atoms with Crippen LogP contribution in [0.3, 0.4) is 0 Å². The van der Waals surface area contributed by atoms with Crippen molar-refractivity contribution in [2.75, 3.05) is 21.2 Å². The molecule has 0 aromatic heterocycles. The van der Waals surface area contributed by atoms with Crippen molar-refractivity contribution in [3.63, 3.8) is 0 Å². The lowest BCUT2D eigenvalue weighted by Gasteiger charge is -2.13. The van der Waals surface area contributed by atoms with E-state index in [9.17, 15) is 0 Å². The number of rotatable bonds is 1. The highest BCUT2D eigenvalue weighted by atomic mass is 16.7. The van der Waals surface area contributed by atoms with Crippen LogP contribution >= 0.6 is 0 Å². The van der Waals surface area contributed by atoms with Crippen molar-refractivity contribution >= 4 is 5.84 Å². The van der Waals surface area contributed by atoms with Gasteiger partial charge in [0.1, 0.15) is 5.84 Å². The van der Waals surface area contributed by atoms with E-state index in [1.807, 2.05) is 14.0 Å². The average molecular weight is 116 g/mol. The van der Waals surface area contributed by atoms with Crippen LogP contribution in [0.15, 0.2) is 4.99 Å². The predicted octanol–water partition coefficient (Wildman–Crippen LogP) is 0.528. The fourth-order valence-corrected chi connectivity index (χ4v) is 0.273. The zero-order chi connectivity index (χ0) is 6.57. The van der Waals surface area contributed by atoms with Crippen LogP contribution in [0.2, 0.25) is 0 Å². The van der Waals surface area contributed by atoms with Crippen LogP contribution in [0.5, 0.6) is 0 Å². The Kier molecular flexibility index (Phi) is 3.19. The molecule has 0 aromatic rings. The molecule has 48 valence electrons. The highest BCUT2D eigenvalue weighted by Crippen LogP contribution is 1.83. The topological polar surface area (TPSA) is 24.8 Å². The summed E-state index contributed by atoms with van der Waals surface area (Å²) < 4.78 is 0. The highest BCUT2D eigenvalue weighted by molar-refractivity contribution is 5.78. The van der Waals surface area contributed by atoms with E-state index in [-0.39, 0.29) is 0 Å². The van der Waals surface area contributed by atoms with Gasteiger partial charge in [0.15, 0.2) is 0 Å². The molecule has 0 saturated carbocycles. The second-order valence-corrected chi connectivity index (χ2v) is 1.45. The molecule has 3 heteroatoms. The molecule has 0 aliphatic heterocycles. The second kappa shape index (κ2) is 3.43. The maximum Gasteiger partial charge on any atom is 0.120 e. The monoisotopic (exact) mass is 116 g/mol. The fourth-order valence-electron chi connectivity index (χ4n) is 0.273. The minimum atomic E-state index is 0.868. The van der Waals surface area contributed by atoms with Gasteiger partial charge >= 0.3 is 0 Å². The van der Waals surface area contributed by atoms with Gasteiger partial charge in [-0.15, -0.1) is 0 Å². The van der Waals surface area contributed by atoms with Gasteiger partial charge in [-0.05, 0) is 6.92 Å². The van der Waals surface area contributed by atoms with Gasteiger partial charge in [-0.1, -0.05) is 0 Å². The van der Waals surface area contributed by atoms with E-state index in [4.69, 9.17) is 4.84 Å². The van der Waals surface area contributed by atoms with Crippen LogP contribution in [0.4, 0.5) is 0 Å². The van der Waals surface area contributed by atoms with Crippen LogP contribution in [0.25, 0.3) is 0 Å². The molecule has 0 bridgehead atoms. The smallest absolute Gasteiger partial charge is 0.120 e. The van der Waals surface area contributed by atoms with Gasteiger partial charge in [-0.2, -0.15) is 0 Å². The van der Waals surface area contributed by atoms with Crippen LogP contribution in [-0.4, -0.2) is 32.1 Å². The molecule has 0 aromatic carbocycles. The third-order valence-corrected chi connectivity index (χ3v) is 1.05. The van der Waals surface area contributed by atoms with Crippen molar-refractivity contribution in [3.05, 3.63) is 0 Å². The number of hydrogen-bond donors (Lipinski definition) is 0. The minimum Gasteiger partial charge on any atom is -0.276 e. The maximum absolute atomic E-state index is 4.81. The highest BCUT2D eigenvalue weighted by Gasteiger charge is 1.92. The Bertz CT molecular complexity index is 90.4. The maximum atomic E-state index is 4.81. The van der Waals surface area contributed by atoms with Crippen LogP contribution in [0, 0.1) is 0 Å². The van der Waals surface area contributed by atoms with Crippen molar-refractivity contribution in [2.24, 2.45) is 4.99 Å². The van der Waals surface area contributed by atoms with E-state index in [1.165, 1.54) is 0 Å². The Hall–Kier alpha value is -0.570. The lowest BCUT2D eigenvalue weighted by molar-refractivity contribution is -0.0423. The number of aliphatic imine (C=N–C) groups is 1. The van der Waals surface area contributed by atoms with Crippen LogP contribution in [-0.2, 0) is 4.84 Å². The molecule has 0 atom stereocenters. The van der Waals surface area contributed by atoms with Gasteiger partial charge < -0.3 is 0 Å². The fraction of sp³-hybridized carbons (Fsp3) is 0.800. The van der Waals surface area contributed by atoms with E-state index < -0.39 is 0 Å². The first-order chi connectivity index (χ1) is 3.72. The summed E-state index contributed by atoms with van der Waals surface area (Å²) in [6.07, 6.45) is 0. The third kappa shape index (κ3) is 1.93. The number of hydrogen-bond acceptors (Lipinski definition) is 2. The lowest BCUT2D eigenvalue weighted by atomic mass is 10.7. The van der Waals surface area contributed by atoms with Crippen molar-refractivity contribution < 1.29 is 4.84 Å². The van der Waals surface area contributed by atoms with E-state index in [0.717, 1.165) is 5.84 Å². The Balaban J connectivity index is 3.63. The van der Waals surface area contributed by atoms with Gasteiger partial charge in [0.25, 0.3) is 0 Å². The van der Waals surface area contributed by atoms with Crippen molar-refractivity contribution in [1.29, 1.82) is 0 Å². The third-order valence-electron chi connectivity index (χ3n) is 1.05. The zero-order valence-electron chi connectivity index (χ0n) is 5.80. The summed E-state index contributed by atoms with van der Waals surface area (Å²) in [5.74, 6) is 0.868. The summed E-state index contributed by atoms with van der Waals surface area (Å²) in [4.78, 5) is 8.68. The van der Waals surface area contributed by atoms with E-state index >= 15 is 0 Å². The summed E-state index contributed by atoms with van der Waals surface area (Å²) in [6, 6.07) is 0. The molecule has 0 unspecified atom stereocenters. The molecule has 0 aliphatic rings. The van der Waals surface area contributed by atoms with Crippen LogP contribution < -0.4 is 0 Å². The summed E-state index contributed by atoms with van der Waals surface area (Å²) in [5, 5.41) is 1.60. The molecule has 0 rings (SSSR count). The second-order valence-electron chi connectivity index (χ2n) is 1.45. The minimum absolute atomic E-state index is 0.868. The first kappa shape index (κ1) is 7.43. The van der Waals surface area contributed by atoms with Crippen LogP contribution in [0.1, 0.15) is 6.92 Å². The summed E-state index contributed by atoms with van der Waals surface area (Å²) in [5.41, 5.74) is 0. The Labute approximate surface area is 49.9 Å². The Morgan fingerprint density at radius 2 is 2.12 bits per heavy atom. The Morgan fingerprint density at radius 1 is 1.62 bits per heavy atom. The SMILES string of the molecule is CN=C(C)N(C)OC. The van der Waals surface area contributed by atoms with Gasteiger partial charge in [0.05, 0.1) is 7.11 Å². The quantitative estimate of drug-likeness (QED) is 0.283. The normalized spacial score (nSPS) is 11.8. The van der Waals surface area contributed by atoms with Gasteiger partial charge in [-0.3, -0.25) is 9.83 Å². The average Bonchev–Trinajstić information content (AvgIpc) is 1.84. The Morgan fingerprint density at radius 3 is 2.25 bits per heavy atom. The van der Waals surface area contributed by atoms with E-state index in [0.29, 0.717) is 0 Å². The molecule has 0 amide bonds. The molecule has 0 fully saturated rings. The summed E-state index contributed by atoms with van der Waals surface area (Å²) in [7, 11) is 5.14. The zero-order valence-corrected chi connectivity index (χ0v) is 5.80. The molecular weight excluding hydrogens is 104 g/mol. The molecule has 0 aliphatic carbocycles. The number of nitrogens with zero attached hydrogens (tertiary/aromatic N) is 2. The largest absolute Gasteiger partial charge is 0.276 e. The first-order valence-corrected chi connectivity index (χ1v) is 2.43. The van der Waals surface area contributed by atoms with E-state index in [1.54, 1.807) is 19.2 Å².